The zero-order chi connectivity index (χ0) is 7.56. The van der Waals surface area contributed by atoms with Crippen molar-refractivity contribution in [3.8, 4) is 0 Å². The maximum absolute atomic E-state index is 8.75. The molecule has 0 aliphatic rings. The molecule has 2 nitrogen and oxygen atoms in total. The zero-order valence-electron chi connectivity index (χ0n) is 6.11. The number of hydrogen-bond donors (Lipinski definition) is 2. The van der Waals surface area contributed by atoms with Gasteiger partial charge < -0.3 is 10.0 Å². The van der Waals surface area contributed by atoms with Gasteiger partial charge in [-0.3, -0.25) is 0 Å². The molecule has 4 heteroatoms. The van der Waals surface area contributed by atoms with Crippen LogP contribution in [0.15, 0.2) is 18.2 Å². The second-order valence-corrected chi connectivity index (χ2v) is 2.16. The largest absolute Gasteiger partial charge is 0.462 e. The van der Waals surface area contributed by atoms with Gasteiger partial charge in [-0.15, -0.1) is 5.46 Å². The third kappa shape index (κ3) is 2.78. The summed E-state index contributed by atoms with van der Waals surface area (Å²) in [7, 11) is -1.37. The summed E-state index contributed by atoms with van der Waals surface area (Å²) in [4.78, 5) is 0. The van der Waals surface area contributed by atoms with E-state index in [2.05, 4.69) is 6.07 Å². The topological polar surface area (TPSA) is 40.5 Å². The molecule has 0 fully saturated rings. The molecule has 0 unspecified atom stereocenters. The summed E-state index contributed by atoms with van der Waals surface area (Å²) in [5.74, 6) is 0. The first-order valence-corrected chi connectivity index (χ1v) is 3.04. The van der Waals surface area contributed by atoms with E-state index in [1.807, 2.05) is 6.92 Å². The van der Waals surface area contributed by atoms with Crippen molar-refractivity contribution in [2.45, 2.75) is 6.92 Å². The van der Waals surface area contributed by atoms with Crippen molar-refractivity contribution in [3.05, 3.63) is 29.8 Å². The number of hydrogen-bond acceptors (Lipinski definition) is 2. The maximum Gasteiger partial charge on any atom is 0.462 e. The fourth-order valence-corrected chi connectivity index (χ4v) is 0.815. The van der Waals surface area contributed by atoms with E-state index in [9.17, 15) is 0 Å². The summed E-state index contributed by atoms with van der Waals surface area (Å²) < 4.78 is 0. The molecule has 1 aromatic carbocycles. The Balaban J connectivity index is 0.000001000. The molecule has 58 valence electrons. The molecule has 2 N–H and O–H groups in total. The minimum Gasteiger partial charge on any atom is -0.424 e. The van der Waals surface area contributed by atoms with Crippen molar-refractivity contribution in [1.82, 2.24) is 0 Å². The van der Waals surface area contributed by atoms with Gasteiger partial charge in [-0.25, -0.2) is 0 Å². The Morgan fingerprint density at radius 2 is 2.09 bits per heavy atom. The molecule has 1 aromatic rings. The SMILES string of the molecule is Cc1c[c-]ccc1B(O)O.[W]. The van der Waals surface area contributed by atoms with E-state index in [1.54, 1.807) is 18.2 Å². The van der Waals surface area contributed by atoms with Crippen molar-refractivity contribution in [2.24, 2.45) is 0 Å². The molecular formula is C7H8BO2W-. The molecule has 11 heavy (non-hydrogen) atoms. The Bertz CT molecular complexity index is 227. The smallest absolute Gasteiger partial charge is 0.424 e. The van der Waals surface area contributed by atoms with Crippen LogP contribution in [0.1, 0.15) is 5.56 Å². The fourth-order valence-electron chi connectivity index (χ4n) is 0.815. The molecule has 0 saturated carbocycles. The van der Waals surface area contributed by atoms with E-state index in [4.69, 9.17) is 10.0 Å². The molecule has 0 heterocycles. The maximum atomic E-state index is 8.75. The third-order valence-electron chi connectivity index (χ3n) is 1.39. The Labute approximate surface area is 80.7 Å². The number of benzene rings is 1. The van der Waals surface area contributed by atoms with Crippen LogP contribution >= 0.6 is 0 Å². The quantitative estimate of drug-likeness (QED) is 0.540. The fraction of sp³-hybridized carbons (Fsp3) is 0.143. The van der Waals surface area contributed by atoms with E-state index in [0.29, 0.717) is 5.46 Å². The molecule has 1 rings (SSSR count). The van der Waals surface area contributed by atoms with Crippen molar-refractivity contribution in [1.29, 1.82) is 0 Å². The van der Waals surface area contributed by atoms with Gasteiger partial charge in [-0.1, -0.05) is 6.92 Å². The molecule has 0 aromatic heterocycles. The van der Waals surface area contributed by atoms with Crippen LogP contribution in [-0.4, -0.2) is 17.2 Å². The molecule has 0 radical (unpaired) electrons. The molecule has 0 saturated heterocycles. The van der Waals surface area contributed by atoms with Gasteiger partial charge in [0.15, 0.2) is 0 Å². The van der Waals surface area contributed by atoms with E-state index in [-0.39, 0.29) is 21.1 Å². The minimum atomic E-state index is -1.37. The summed E-state index contributed by atoms with van der Waals surface area (Å²) in [5, 5.41) is 17.5. The number of rotatable bonds is 1. The van der Waals surface area contributed by atoms with Crippen molar-refractivity contribution >= 4 is 12.6 Å². The van der Waals surface area contributed by atoms with Crippen LogP contribution in [-0.2, 0) is 21.1 Å². The van der Waals surface area contributed by atoms with Gasteiger partial charge in [0, 0.05) is 21.1 Å². The predicted octanol–water partition coefficient (Wildman–Crippen LogP) is -0.527. The molecule has 0 aliphatic heterocycles. The van der Waals surface area contributed by atoms with Crippen LogP contribution in [0.4, 0.5) is 0 Å². The van der Waals surface area contributed by atoms with Gasteiger partial charge in [0.2, 0.25) is 0 Å². The Hall–Kier alpha value is -0.107. The molecule has 0 aliphatic carbocycles. The Morgan fingerprint density at radius 1 is 1.45 bits per heavy atom. The first kappa shape index (κ1) is 10.9. The standard InChI is InChI=1S/C7H8BO2.W/c1-6-4-2-3-5-7(6)8(9)10;/h3-5,9-10H,1H3;/q-1;. The van der Waals surface area contributed by atoms with E-state index < -0.39 is 7.12 Å². The molecular weight excluding hydrogens is 311 g/mol. The van der Waals surface area contributed by atoms with Crippen molar-refractivity contribution < 1.29 is 31.1 Å². The molecule has 0 spiro atoms. The van der Waals surface area contributed by atoms with E-state index in [1.165, 1.54) is 0 Å². The Morgan fingerprint density at radius 3 is 2.45 bits per heavy atom. The predicted molar refractivity (Wildman–Crippen MR) is 39.8 cm³/mol. The van der Waals surface area contributed by atoms with Gasteiger partial charge in [-0.2, -0.15) is 29.8 Å². The van der Waals surface area contributed by atoms with Crippen LogP contribution in [0.5, 0.6) is 0 Å². The van der Waals surface area contributed by atoms with Gasteiger partial charge >= 0.3 is 7.12 Å². The van der Waals surface area contributed by atoms with Crippen molar-refractivity contribution in [2.75, 3.05) is 0 Å². The average Bonchev–Trinajstić information content (AvgIpc) is 1.88. The second kappa shape index (κ2) is 4.71. The zero-order valence-corrected chi connectivity index (χ0v) is 9.05. The van der Waals surface area contributed by atoms with E-state index >= 15 is 0 Å². The summed E-state index contributed by atoms with van der Waals surface area (Å²) >= 11 is 0. The van der Waals surface area contributed by atoms with Gasteiger partial charge in [-0.05, 0) is 0 Å². The van der Waals surface area contributed by atoms with Crippen LogP contribution in [0.2, 0.25) is 0 Å². The molecule has 0 atom stereocenters. The van der Waals surface area contributed by atoms with Gasteiger partial charge in [0.25, 0.3) is 0 Å². The monoisotopic (exact) mass is 319 g/mol. The first-order chi connectivity index (χ1) is 4.72. The Kier molecular flexibility index (Phi) is 4.66. The van der Waals surface area contributed by atoms with Crippen LogP contribution < -0.4 is 5.46 Å². The van der Waals surface area contributed by atoms with Crippen LogP contribution in [0, 0.1) is 13.0 Å². The first-order valence-electron chi connectivity index (χ1n) is 3.04. The van der Waals surface area contributed by atoms with E-state index in [0.717, 1.165) is 5.56 Å². The normalized spacial score (nSPS) is 8.64. The average molecular weight is 319 g/mol. The molecule has 0 amide bonds. The van der Waals surface area contributed by atoms with Gasteiger partial charge in [0.05, 0.1) is 0 Å². The third-order valence-corrected chi connectivity index (χ3v) is 1.39. The summed E-state index contributed by atoms with van der Waals surface area (Å²) in [6.45, 7) is 1.81. The summed E-state index contributed by atoms with van der Waals surface area (Å²) in [5.41, 5.74) is 1.39. The summed E-state index contributed by atoms with van der Waals surface area (Å²) in [6, 6.07) is 7.84. The van der Waals surface area contributed by atoms with Crippen LogP contribution in [0.25, 0.3) is 0 Å². The second-order valence-electron chi connectivity index (χ2n) is 2.16. The number of aryl methyl sites for hydroxylation is 1. The summed E-state index contributed by atoms with van der Waals surface area (Å²) in [6.07, 6.45) is 0. The minimum absolute atomic E-state index is 0. The van der Waals surface area contributed by atoms with Gasteiger partial charge in [0.1, 0.15) is 0 Å². The van der Waals surface area contributed by atoms with Crippen molar-refractivity contribution in [3.63, 3.8) is 0 Å². The van der Waals surface area contributed by atoms with Crippen LogP contribution in [0.3, 0.4) is 0 Å². The molecule has 0 bridgehead atoms.